The topological polar surface area (TPSA) is 0 Å². The number of alkyl halides is 1. The minimum Gasteiger partial charge on any atom is -0.207 e. The molecule has 1 atom stereocenters. The van der Waals surface area contributed by atoms with Crippen LogP contribution in [0.3, 0.4) is 0 Å². The van der Waals surface area contributed by atoms with Gasteiger partial charge in [-0.25, -0.2) is 4.39 Å². The van der Waals surface area contributed by atoms with Gasteiger partial charge in [0.1, 0.15) is 5.82 Å². The fourth-order valence-electron chi connectivity index (χ4n) is 0.945. The first kappa shape index (κ1) is 8.72. The summed E-state index contributed by atoms with van der Waals surface area (Å²) >= 11 is 3.44. The molecule has 1 rings (SSSR count). The molecule has 0 amide bonds. The van der Waals surface area contributed by atoms with E-state index in [0.29, 0.717) is 4.83 Å². The van der Waals surface area contributed by atoms with Gasteiger partial charge in [-0.2, -0.15) is 0 Å². The van der Waals surface area contributed by atoms with Crippen molar-refractivity contribution in [1.82, 2.24) is 0 Å². The Morgan fingerprint density at radius 1 is 1.36 bits per heavy atom. The van der Waals surface area contributed by atoms with E-state index >= 15 is 0 Å². The second-order valence-corrected chi connectivity index (χ2v) is 4.17. The van der Waals surface area contributed by atoms with Gasteiger partial charge in [-0.05, 0) is 24.1 Å². The summed E-state index contributed by atoms with van der Waals surface area (Å²) in [5, 5.41) is 0. The summed E-state index contributed by atoms with van der Waals surface area (Å²) in [6, 6.07) is 6.61. The van der Waals surface area contributed by atoms with Crippen molar-refractivity contribution in [2.24, 2.45) is 0 Å². The van der Waals surface area contributed by atoms with Gasteiger partial charge in [-0.3, -0.25) is 0 Å². The molecule has 1 aromatic carbocycles. The molecule has 0 spiro atoms. The largest absolute Gasteiger partial charge is 0.207 e. The SMILES string of the molecule is CC(Br)Cc1ccc(F)cc1. The van der Waals surface area contributed by atoms with Crippen molar-refractivity contribution in [2.45, 2.75) is 18.2 Å². The highest BCUT2D eigenvalue weighted by Gasteiger charge is 1.97. The number of halogens is 2. The maximum Gasteiger partial charge on any atom is 0.123 e. The quantitative estimate of drug-likeness (QED) is 0.667. The zero-order valence-electron chi connectivity index (χ0n) is 6.35. The van der Waals surface area contributed by atoms with Crippen molar-refractivity contribution in [3.05, 3.63) is 35.6 Å². The van der Waals surface area contributed by atoms with Crippen LogP contribution < -0.4 is 0 Å². The minimum absolute atomic E-state index is 0.170. The fourth-order valence-corrected chi connectivity index (χ4v) is 1.32. The third-order valence-corrected chi connectivity index (χ3v) is 1.75. The molecule has 0 saturated carbocycles. The van der Waals surface area contributed by atoms with E-state index in [9.17, 15) is 4.39 Å². The van der Waals surface area contributed by atoms with Crippen molar-refractivity contribution < 1.29 is 4.39 Å². The molecule has 0 radical (unpaired) electrons. The first-order valence-corrected chi connectivity index (χ1v) is 4.48. The lowest BCUT2D eigenvalue weighted by molar-refractivity contribution is 0.627. The molecule has 0 aliphatic rings. The van der Waals surface area contributed by atoms with Crippen molar-refractivity contribution in [1.29, 1.82) is 0 Å². The first-order valence-electron chi connectivity index (χ1n) is 3.57. The molecule has 1 unspecified atom stereocenters. The predicted molar refractivity (Wildman–Crippen MR) is 48.5 cm³/mol. The van der Waals surface area contributed by atoms with Crippen LogP contribution in [0.2, 0.25) is 0 Å². The summed E-state index contributed by atoms with van der Waals surface area (Å²) in [5.74, 6) is -0.170. The molecule has 11 heavy (non-hydrogen) atoms. The Morgan fingerprint density at radius 3 is 2.36 bits per heavy atom. The summed E-state index contributed by atoms with van der Waals surface area (Å²) in [5.41, 5.74) is 1.16. The Hall–Kier alpha value is -0.370. The Labute approximate surface area is 74.6 Å². The second kappa shape index (κ2) is 3.86. The molecule has 0 saturated heterocycles. The van der Waals surface area contributed by atoms with Gasteiger partial charge in [0, 0.05) is 4.83 Å². The zero-order chi connectivity index (χ0) is 8.27. The summed E-state index contributed by atoms with van der Waals surface area (Å²) in [4.78, 5) is 0.452. The molecule has 1 aromatic rings. The van der Waals surface area contributed by atoms with E-state index in [4.69, 9.17) is 0 Å². The smallest absolute Gasteiger partial charge is 0.123 e. The molecule has 60 valence electrons. The highest BCUT2D eigenvalue weighted by molar-refractivity contribution is 9.09. The standard InChI is InChI=1S/C9H10BrF/c1-7(10)6-8-2-4-9(11)5-3-8/h2-5,7H,6H2,1H3. The Morgan fingerprint density at radius 2 is 1.91 bits per heavy atom. The fraction of sp³-hybridized carbons (Fsp3) is 0.333. The van der Waals surface area contributed by atoms with Crippen molar-refractivity contribution in [2.75, 3.05) is 0 Å². The molecule has 2 heteroatoms. The van der Waals surface area contributed by atoms with Crippen LogP contribution >= 0.6 is 15.9 Å². The molecular weight excluding hydrogens is 207 g/mol. The number of benzene rings is 1. The van der Waals surface area contributed by atoms with Crippen LogP contribution in [0.1, 0.15) is 12.5 Å². The number of rotatable bonds is 2. The van der Waals surface area contributed by atoms with Gasteiger partial charge in [0.25, 0.3) is 0 Å². The van der Waals surface area contributed by atoms with Crippen molar-refractivity contribution in [3.63, 3.8) is 0 Å². The van der Waals surface area contributed by atoms with E-state index < -0.39 is 0 Å². The Kier molecular flexibility index (Phi) is 3.06. The lowest BCUT2D eigenvalue weighted by Crippen LogP contribution is -1.95. The first-order chi connectivity index (χ1) is 5.18. The molecule has 0 N–H and O–H groups in total. The third kappa shape index (κ3) is 3.02. The Bertz CT molecular complexity index is 216. The van der Waals surface area contributed by atoms with Crippen molar-refractivity contribution >= 4 is 15.9 Å². The van der Waals surface area contributed by atoms with Gasteiger partial charge in [-0.1, -0.05) is 35.0 Å². The number of hydrogen-bond donors (Lipinski definition) is 0. The third-order valence-electron chi connectivity index (χ3n) is 1.43. The van der Waals surface area contributed by atoms with Gasteiger partial charge in [-0.15, -0.1) is 0 Å². The number of hydrogen-bond acceptors (Lipinski definition) is 0. The van der Waals surface area contributed by atoms with Gasteiger partial charge in [0.15, 0.2) is 0 Å². The zero-order valence-corrected chi connectivity index (χ0v) is 7.94. The maximum atomic E-state index is 12.4. The summed E-state index contributed by atoms with van der Waals surface area (Å²) in [6.07, 6.45) is 0.945. The van der Waals surface area contributed by atoms with Crippen LogP contribution in [0.5, 0.6) is 0 Å². The lowest BCUT2D eigenvalue weighted by atomic mass is 10.1. The molecular formula is C9H10BrF. The molecule has 0 aliphatic carbocycles. The lowest BCUT2D eigenvalue weighted by Gasteiger charge is -2.01. The van der Waals surface area contributed by atoms with E-state index in [0.717, 1.165) is 12.0 Å². The molecule has 0 nitrogen and oxygen atoms in total. The van der Waals surface area contributed by atoms with Crippen LogP contribution in [-0.4, -0.2) is 4.83 Å². The van der Waals surface area contributed by atoms with E-state index in [-0.39, 0.29) is 5.82 Å². The van der Waals surface area contributed by atoms with E-state index in [1.54, 1.807) is 0 Å². The molecule has 0 bridgehead atoms. The highest BCUT2D eigenvalue weighted by atomic mass is 79.9. The van der Waals surface area contributed by atoms with Crippen LogP contribution in [0.15, 0.2) is 24.3 Å². The Balaban J connectivity index is 2.66. The van der Waals surface area contributed by atoms with Crippen molar-refractivity contribution in [3.8, 4) is 0 Å². The van der Waals surface area contributed by atoms with E-state index in [2.05, 4.69) is 22.9 Å². The predicted octanol–water partition coefficient (Wildman–Crippen LogP) is 3.15. The van der Waals surface area contributed by atoms with Crippen LogP contribution in [-0.2, 0) is 6.42 Å². The molecule has 0 fully saturated rings. The van der Waals surface area contributed by atoms with Crippen LogP contribution in [0, 0.1) is 5.82 Å². The summed E-state index contributed by atoms with van der Waals surface area (Å²) < 4.78 is 12.4. The normalized spacial score (nSPS) is 13.0. The van der Waals surface area contributed by atoms with E-state index in [1.165, 1.54) is 12.1 Å². The van der Waals surface area contributed by atoms with Gasteiger partial charge < -0.3 is 0 Å². The minimum atomic E-state index is -0.170. The molecule has 0 heterocycles. The summed E-state index contributed by atoms with van der Waals surface area (Å²) in [6.45, 7) is 2.07. The maximum absolute atomic E-state index is 12.4. The average molecular weight is 217 g/mol. The average Bonchev–Trinajstić information content (AvgIpc) is 1.93. The van der Waals surface area contributed by atoms with Gasteiger partial charge >= 0.3 is 0 Å². The monoisotopic (exact) mass is 216 g/mol. The van der Waals surface area contributed by atoms with Crippen LogP contribution in [0.4, 0.5) is 4.39 Å². The van der Waals surface area contributed by atoms with Crippen LogP contribution in [0.25, 0.3) is 0 Å². The summed E-state index contributed by atoms with van der Waals surface area (Å²) in [7, 11) is 0. The molecule has 0 aliphatic heterocycles. The molecule has 0 aromatic heterocycles. The van der Waals surface area contributed by atoms with Gasteiger partial charge in [0.2, 0.25) is 0 Å². The highest BCUT2D eigenvalue weighted by Crippen LogP contribution is 2.09. The second-order valence-electron chi connectivity index (χ2n) is 2.61. The van der Waals surface area contributed by atoms with E-state index in [1.807, 2.05) is 12.1 Å². The van der Waals surface area contributed by atoms with Gasteiger partial charge in [0.05, 0.1) is 0 Å².